The number of rotatable bonds is 4. The Morgan fingerprint density at radius 2 is 1.36 bits per heavy atom. The van der Waals surface area contributed by atoms with E-state index in [0.29, 0.717) is 5.89 Å². The van der Waals surface area contributed by atoms with E-state index in [4.69, 9.17) is 9.40 Å². The van der Waals surface area contributed by atoms with Crippen molar-refractivity contribution < 1.29 is 4.42 Å². The molecule has 0 N–H and O–H groups in total. The standard InChI is InChI=1S/C35H22N2OS/c1-3-10-24(11-4-1)35-36-29-20-18-23-12-9-16-30(33(23)34(29)38-35)37(25-13-5-2-6-14-25)26-19-21-32-28(22-26)27-15-7-8-17-31(27)39-32/h1-22H. The molecule has 0 aliphatic carbocycles. The summed E-state index contributed by atoms with van der Waals surface area (Å²) in [4.78, 5) is 7.20. The maximum Gasteiger partial charge on any atom is 0.227 e. The highest BCUT2D eigenvalue weighted by atomic mass is 32.1. The number of nitrogens with zero attached hydrogens (tertiary/aromatic N) is 2. The van der Waals surface area contributed by atoms with Gasteiger partial charge in [-0.3, -0.25) is 0 Å². The Hall–Kier alpha value is -4.93. The maximum absolute atomic E-state index is 6.51. The maximum atomic E-state index is 6.51. The van der Waals surface area contributed by atoms with Crippen molar-refractivity contribution in [1.82, 2.24) is 4.98 Å². The second kappa shape index (κ2) is 8.83. The Kier molecular flexibility index (Phi) is 5.00. The van der Waals surface area contributed by atoms with Crippen LogP contribution in [0.15, 0.2) is 138 Å². The second-order valence-electron chi connectivity index (χ2n) is 9.62. The quantitative estimate of drug-likeness (QED) is 0.232. The minimum Gasteiger partial charge on any atom is -0.435 e. The van der Waals surface area contributed by atoms with Gasteiger partial charge in [-0.25, -0.2) is 4.98 Å². The summed E-state index contributed by atoms with van der Waals surface area (Å²) >= 11 is 1.84. The Balaban J connectivity index is 1.41. The van der Waals surface area contributed by atoms with Crippen LogP contribution in [-0.2, 0) is 0 Å². The van der Waals surface area contributed by atoms with Gasteiger partial charge in [-0.05, 0) is 66.0 Å². The smallest absolute Gasteiger partial charge is 0.227 e. The lowest BCUT2D eigenvalue weighted by atomic mass is 10.0. The van der Waals surface area contributed by atoms with Crippen LogP contribution in [0.4, 0.5) is 17.1 Å². The molecule has 4 heteroatoms. The molecule has 2 heterocycles. The molecule has 0 bridgehead atoms. The fourth-order valence-corrected chi connectivity index (χ4v) is 6.57. The van der Waals surface area contributed by atoms with Crippen LogP contribution < -0.4 is 4.90 Å². The molecule has 2 aromatic heterocycles. The van der Waals surface area contributed by atoms with Crippen molar-refractivity contribution in [3.8, 4) is 11.5 Å². The zero-order chi connectivity index (χ0) is 25.8. The minimum atomic E-state index is 0.630. The lowest BCUT2D eigenvalue weighted by Gasteiger charge is -2.27. The molecular weight excluding hydrogens is 496 g/mol. The molecule has 0 radical (unpaired) electrons. The summed E-state index contributed by atoms with van der Waals surface area (Å²) in [5, 5.41) is 4.71. The highest BCUT2D eigenvalue weighted by Crippen LogP contribution is 2.44. The van der Waals surface area contributed by atoms with E-state index in [1.54, 1.807) is 0 Å². The normalized spacial score (nSPS) is 11.6. The van der Waals surface area contributed by atoms with E-state index in [0.717, 1.165) is 44.5 Å². The van der Waals surface area contributed by atoms with Gasteiger partial charge in [0.1, 0.15) is 5.52 Å². The SMILES string of the molecule is c1ccc(-c2nc3ccc4cccc(N(c5ccccc5)c5ccc6sc7ccccc7c6c5)c4c3o2)cc1. The van der Waals surface area contributed by atoms with Crippen LogP contribution in [0.25, 0.3) is 53.5 Å². The molecule has 3 nitrogen and oxygen atoms in total. The number of hydrogen-bond donors (Lipinski definition) is 0. The lowest BCUT2D eigenvalue weighted by molar-refractivity contribution is 0.623. The number of oxazole rings is 1. The van der Waals surface area contributed by atoms with Gasteiger partial charge in [0, 0.05) is 37.1 Å². The van der Waals surface area contributed by atoms with Crippen molar-refractivity contribution >= 4 is 70.4 Å². The van der Waals surface area contributed by atoms with Crippen LogP contribution in [0.2, 0.25) is 0 Å². The number of para-hydroxylation sites is 1. The first-order valence-corrected chi connectivity index (χ1v) is 13.8. The first-order chi connectivity index (χ1) is 19.3. The number of aromatic nitrogens is 1. The van der Waals surface area contributed by atoms with Gasteiger partial charge in [0.2, 0.25) is 5.89 Å². The van der Waals surface area contributed by atoms with Gasteiger partial charge in [0.25, 0.3) is 0 Å². The summed E-state index contributed by atoms with van der Waals surface area (Å²) in [6.45, 7) is 0. The summed E-state index contributed by atoms with van der Waals surface area (Å²) < 4.78 is 9.10. The van der Waals surface area contributed by atoms with Gasteiger partial charge in [0.05, 0.1) is 11.1 Å². The third kappa shape index (κ3) is 3.61. The lowest BCUT2D eigenvalue weighted by Crippen LogP contribution is -2.10. The van der Waals surface area contributed by atoms with Gasteiger partial charge in [-0.1, -0.05) is 72.8 Å². The molecular formula is C35H22N2OS. The van der Waals surface area contributed by atoms with Crippen molar-refractivity contribution in [2.24, 2.45) is 0 Å². The molecule has 0 spiro atoms. The molecule has 0 fully saturated rings. The third-order valence-electron chi connectivity index (χ3n) is 7.27. The van der Waals surface area contributed by atoms with Gasteiger partial charge < -0.3 is 9.32 Å². The fraction of sp³-hybridized carbons (Fsp3) is 0. The van der Waals surface area contributed by atoms with Crippen LogP contribution in [0.5, 0.6) is 0 Å². The van der Waals surface area contributed by atoms with E-state index in [9.17, 15) is 0 Å². The average Bonchev–Trinajstić information content (AvgIpc) is 3.60. The van der Waals surface area contributed by atoms with E-state index in [1.807, 2.05) is 47.7 Å². The first kappa shape index (κ1) is 22.1. The van der Waals surface area contributed by atoms with Crippen molar-refractivity contribution in [2.75, 3.05) is 4.90 Å². The summed E-state index contributed by atoms with van der Waals surface area (Å²) in [5.41, 5.74) is 5.85. The van der Waals surface area contributed by atoms with E-state index in [1.165, 1.54) is 20.2 Å². The fourth-order valence-electron chi connectivity index (χ4n) is 5.48. The first-order valence-electron chi connectivity index (χ1n) is 13.0. The highest BCUT2D eigenvalue weighted by molar-refractivity contribution is 7.25. The number of benzene rings is 6. The summed E-state index contributed by atoms with van der Waals surface area (Å²) in [6.07, 6.45) is 0. The van der Waals surface area contributed by atoms with E-state index >= 15 is 0 Å². The Bertz CT molecular complexity index is 2130. The Labute approximate surface area is 229 Å². The molecule has 0 aliphatic rings. The van der Waals surface area contributed by atoms with Crippen molar-refractivity contribution in [3.05, 3.63) is 133 Å². The molecule has 0 aliphatic heterocycles. The van der Waals surface area contributed by atoms with Crippen molar-refractivity contribution in [3.63, 3.8) is 0 Å². The van der Waals surface area contributed by atoms with Crippen molar-refractivity contribution in [2.45, 2.75) is 0 Å². The molecule has 8 aromatic rings. The summed E-state index contributed by atoms with van der Waals surface area (Å²) in [5.74, 6) is 0.630. The molecule has 0 atom stereocenters. The van der Waals surface area contributed by atoms with Crippen molar-refractivity contribution in [1.29, 1.82) is 0 Å². The van der Waals surface area contributed by atoms with Crippen LogP contribution in [0.1, 0.15) is 0 Å². The molecule has 6 aromatic carbocycles. The van der Waals surface area contributed by atoms with Crippen LogP contribution in [0, 0.1) is 0 Å². The third-order valence-corrected chi connectivity index (χ3v) is 8.42. The number of hydrogen-bond acceptors (Lipinski definition) is 4. The molecule has 8 rings (SSSR count). The summed E-state index contributed by atoms with van der Waals surface area (Å²) in [6, 6.07) is 46.7. The molecule has 184 valence electrons. The largest absolute Gasteiger partial charge is 0.435 e. The van der Waals surface area contributed by atoms with Crippen LogP contribution in [0.3, 0.4) is 0 Å². The van der Waals surface area contributed by atoms with Gasteiger partial charge in [0.15, 0.2) is 5.58 Å². The molecule has 39 heavy (non-hydrogen) atoms. The van der Waals surface area contributed by atoms with Gasteiger partial charge >= 0.3 is 0 Å². The predicted molar refractivity (Wildman–Crippen MR) is 165 cm³/mol. The van der Waals surface area contributed by atoms with E-state index in [2.05, 4.69) is 102 Å². The molecule has 0 unspecified atom stereocenters. The average molecular weight is 519 g/mol. The van der Waals surface area contributed by atoms with E-state index < -0.39 is 0 Å². The topological polar surface area (TPSA) is 29.3 Å². The highest BCUT2D eigenvalue weighted by Gasteiger charge is 2.20. The molecule has 0 amide bonds. The van der Waals surface area contributed by atoms with Crippen LogP contribution in [-0.4, -0.2) is 4.98 Å². The number of anilines is 3. The number of fused-ring (bicyclic) bond motifs is 6. The summed E-state index contributed by atoms with van der Waals surface area (Å²) in [7, 11) is 0. The van der Waals surface area contributed by atoms with Gasteiger partial charge in [-0.2, -0.15) is 0 Å². The molecule has 0 saturated heterocycles. The second-order valence-corrected chi connectivity index (χ2v) is 10.7. The minimum absolute atomic E-state index is 0.630. The van der Waals surface area contributed by atoms with Crippen LogP contribution >= 0.6 is 11.3 Å². The predicted octanol–water partition coefficient (Wildman–Crippen LogP) is 10.5. The van der Waals surface area contributed by atoms with Gasteiger partial charge in [-0.15, -0.1) is 11.3 Å². The Morgan fingerprint density at radius 3 is 2.23 bits per heavy atom. The monoisotopic (exact) mass is 518 g/mol. The Morgan fingerprint density at radius 1 is 0.590 bits per heavy atom. The zero-order valence-electron chi connectivity index (χ0n) is 20.9. The van der Waals surface area contributed by atoms with E-state index in [-0.39, 0.29) is 0 Å². The number of thiophene rings is 1. The molecule has 0 saturated carbocycles. The zero-order valence-corrected chi connectivity index (χ0v) is 21.7.